The molecule has 0 saturated carbocycles. The Labute approximate surface area is 166 Å². The highest BCUT2D eigenvalue weighted by Crippen LogP contribution is 2.38. The van der Waals surface area contributed by atoms with Gasteiger partial charge in [0.2, 0.25) is 11.8 Å². The van der Waals surface area contributed by atoms with Crippen LogP contribution in [0.1, 0.15) is 30.0 Å². The molecule has 2 aromatic carbocycles. The normalized spacial score (nSPS) is 22.9. The fourth-order valence-corrected chi connectivity index (χ4v) is 4.36. The molecule has 0 unspecified atom stereocenters. The molecule has 0 aromatic heterocycles. The van der Waals surface area contributed by atoms with E-state index in [0.717, 1.165) is 37.3 Å². The first-order chi connectivity index (χ1) is 13.7. The standard InChI is InChI=1S/C23H27N3O2/c27-21-12-11-20(23(28)25-15-13-24-14-16-25)22(19-9-5-2-6-10-19)26(21)17-18-7-3-1-4-8-18/h1-10,20,22,24H,11-17H2/t20-,22+/m1/s1. The largest absolute Gasteiger partial charge is 0.340 e. The average Bonchev–Trinajstić information content (AvgIpc) is 2.76. The molecule has 0 bridgehead atoms. The van der Waals surface area contributed by atoms with E-state index in [2.05, 4.69) is 5.32 Å². The van der Waals surface area contributed by atoms with Crippen molar-refractivity contribution < 1.29 is 9.59 Å². The van der Waals surface area contributed by atoms with E-state index in [1.54, 1.807) is 0 Å². The first-order valence-electron chi connectivity index (χ1n) is 10.1. The molecule has 0 radical (unpaired) electrons. The molecule has 2 heterocycles. The van der Waals surface area contributed by atoms with Crippen LogP contribution in [0.2, 0.25) is 0 Å². The highest BCUT2D eigenvalue weighted by atomic mass is 16.2. The van der Waals surface area contributed by atoms with E-state index >= 15 is 0 Å². The van der Waals surface area contributed by atoms with Gasteiger partial charge in [0, 0.05) is 39.1 Å². The zero-order chi connectivity index (χ0) is 19.3. The molecule has 2 amide bonds. The Morgan fingerprint density at radius 3 is 2.29 bits per heavy atom. The number of nitrogens with zero attached hydrogens (tertiary/aromatic N) is 2. The molecule has 2 aliphatic rings. The van der Waals surface area contributed by atoms with E-state index in [1.807, 2.05) is 70.5 Å². The first-order valence-corrected chi connectivity index (χ1v) is 10.1. The summed E-state index contributed by atoms with van der Waals surface area (Å²) >= 11 is 0. The summed E-state index contributed by atoms with van der Waals surface area (Å²) in [5.41, 5.74) is 2.13. The van der Waals surface area contributed by atoms with Crippen LogP contribution in [0.25, 0.3) is 0 Å². The lowest BCUT2D eigenvalue weighted by atomic mass is 9.82. The smallest absolute Gasteiger partial charge is 0.228 e. The third-order valence-electron chi connectivity index (χ3n) is 5.79. The van der Waals surface area contributed by atoms with Crippen molar-refractivity contribution in [2.24, 2.45) is 5.92 Å². The predicted molar refractivity (Wildman–Crippen MR) is 108 cm³/mol. The number of hydrogen-bond donors (Lipinski definition) is 1. The van der Waals surface area contributed by atoms with Crippen LogP contribution in [0.15, 0.2) is 60.7 Å². The van der Waals surface area contributed by atoms with Crippen molar-refractivity contribution in [1.82, 2.24) is 15.1 Å². The number of rotatable bonds is 4. The van der Waals surface area contributed by atoms with Gasteiger partial charge in [0.05, 0.1) is 12.0 Å². The quantitative estimate of drug-likeness (QED) is 0.891. The number of piperidine rings is 1. The van der Waals surface area contributed by atoms with Gasteiger partial charge in [0.25, 0.3) is 0 Å². The summed E-state index contributed by atoms with van der Waals surface area (Å²) < 4.78 is 0. The fourth-order valence-electron chi connectivity index (χ4n) is 4.36. The Bertz CT molecular complexity index is 803. The summed E-state index contributed by atoms with van der Waals surface area (Å²) in [6.45, 7) is 3.68. The average molecular weight is 377 g/mol. The maximum absolute atomic E-state index is 13.4. The molecular formula is C23H27N3O2. The highest BCUT2D eigenvalue weighted by molar-refractivity contribution is 5.85. The second-order valence-electron chi connectivity index (χ2n) is 7.58. The summed E-state index contributed by atoms with van der Waals surface area (Å²) in [5, 5.41) is 3.31. The maximum atomic E-state index is 13.4. The molecule has 0 spiro atoms. The zero-order valence-corrected chi connectivity index (χ0v) is 16.1. The zero-order valence-electron chi connectivity index (χ0n) is 16.1. The number of piperazine rings is 1. The number of hydrogen-bond acceptors (Lipinski definition) is 3. The van der Waals surface area contributed by atoms with E-state index in [-0.39, 0.29) is 23.8 Å². The van der Waals surface area contributed by atoms with E-state index in [0.29, 0.717) is 19.4 Å². The Morgan fingerprint density at radius 1 is 0.964 bits per heavy atom. The SMILES string of the molecule is O=C([C@@H]1CCC(=O)N(Cc2ccccc2)[C@H]1c1ccccc1)N1CCNCC1. The highest BCUT2D eigenvalue weighted by Gasteiger charge is 2.42. The number of nitrogens with one attached hydrogen (secondary N) is 1. The number of amides is 2. The van der Waals surface area contributed by atoms with Crippen molar-refractivity contribution >= 4 is 11.8 Å². The van der Waals surface area contributed by atoms with Crippen LogP contribution in [-0.4, -0.2) is 47.8 Å². The van der Waals surface area contributed by atoms with Gasteiger partial charge in [-0.05, 0) is 17.5 Å². The topological polar surface area (TPSA) is 52.7 Å². The molecule has 4 rings (SSSR count). The van der Waals surface area contributed by atoms with Crippen LogP contribution < -0.4 is 5.32 Å². The molecule has 146 valence electrons. The molecule has 2 aliphatic heterocycles. The molecule has 0 aliphatic carbocycles. The van der Waals surface area contributed by atoms with Gasteiger partial charge in [0.15, 0.2) is 0 Å². The molecule has 2 aromatic rings. The first kappa shape index (κ1) is 18.7. The lowest BCUT2D eigenvalue weighted by Gasteiger charge is -2.43. The van der Waals surface area contributed by atoms with Crippen molar-refractivity contribution in [2.45, 2.75) is 25.4 Å². The second-order valence-corrected chi connectivity index (χ2v) is 7.58. The van der Waals surface area contributed by atoms with Gasteiger partial charge in [-0.15, -0.1) is 0 Å². The van der Waals surface area contributed by atoms with Gasteiger partial charge in [0.1, 0.15) is 0 Å². The van der Waals surface area contributed by atoms with Gasteiger partial charge < -0.3 is 15.1 Å². The monoisotopic (exact) mass is 377 g/mol. The summed E-state index contributed by atoms with van der Waals surface area (Å²) in [6, 6.07) is 19.9. The Balaban J connectivity index is 1.66. The van der Waals surface area contributed by atoms with Crippen LogP contribution in [0.5, 0.6) is 0 Å². The lowest BCUT2D eigenvalue weighted by molar-refractivity contribution is -0.149. The van der Waals surface area contributed by atoms with Gasteiger partial charge in [-0.2, -0.15) is 0 Å². The number of likely N-dealkylation sites (tertiary alicyclic amines) is 1. The van der Waals surface area contributed by atoms with E-state index < -0.39 is 0 Å². The van der Waals surface area contributed by atoms with E-state index in [4.69, 9.17) is 0 Å². The van der Waals surface area contributed by atoms with Crippen LogP contribution in [0.3, 0.4) is 0 Å². The number of benzene rings is 2. The van der Waals surface area contributed by atoms with Gasteiger partial charge >= 0.3 is 0 Å². The second kappa shape index (κ2) is 8.57. The third-order valence-corrected chi connectivity index (χ3v) is 5.79. The Morgan fingerprint density at radius 2 is 1.61 bits per heavy atom. The van der Waals surface area contributed by atoms with Crippen LogP contribution >= 0.6 is 0 Å². The fraction of sp³-hybridized carbons (Fsp3) is 0.391. The van der Waals surface area contributed by atoms with Crippen LogP contribution in [0, 0.1) is 5.92 Å². The molecule has 2 saturated heterocycles. The molecule has 1 N–H and O–H groups in total. The van der Waals surface area contributed by atoms with Crippen LogP contribution in [-0.2, 0) is 16.1 Å². The van der Waals surface area contributed by atoms with Gasteiger partial charge in [-0.25, -0.2) is 0 Å². The minimum absolute atomic E-state index is 0.127. The van der Waals surface area contributed by atoms with Crippen LogP contribution in [0.4, 0.5) is 0 Å². The molecule has 5 nitrogen and oxygen atoms in total. The minimum Gasteiger partial charge on any atom is -0.340 e. The summed E-state index contributed by atoms with van der Waals surface area (Å²) in [4.78, 5) is 30.2. The summed E-state index contributed by atoms with van der Waals surface area (Å²) in [6.07, 6.45) is 1.05. The van der Waals surface area contributed by atoms with E-state index in [9.17, 15) is 9.59 Å². The van der Waals surface area contributed by atoms with Crippen molar-refractivity contribution in [3.05, 3.63) is 71.8 Å². The minimum atomic E-state index is -0.218. The molecule has 28 heavy (non-hydrogen) atoms. The van der Waals surface area contributed by atoms with E-state index in [1.165, 1.54) is 0 Å². The van der Waals surface area contributed by atoms with Gasteiger partial charge in [-0.1, -0.05) is 60.7 Å². The molecular weight excluding hydrogens is 350 g/mol. The Hall–Kier alpha value is -2.66. The molecule has 2 atom stereocenters. The van der Waals surface area contributed by atoms with Crippen molar-refractivity contribution in [3.8, 4) is 0 Å². The lowest BCUT2D eigenvalue weighted by Crippen LogP contribution is -2.53. The molecule has 2 fully saturated rings. The van der Waals surface area contributed by atoms with Crippen molar-refractivity contribution in [2.75, 3.05) is 26.2 Å². The Kier molecular flexibility index (Phi) is 5.72. The summed E-state index contributed by atoms with van der Waals surface area (Å²) in [7, 11) is 0. The number of carbonyl (C=O) groups excluding carboxylic acids is 2. The number of carbonyl (C=O) groups is 2. The van der Waals surface area contributed by atoms with Gasteiger partial charge in [-0.3, -0.25) is 9.59 Å². The maximum Gasteiger partial charge on any atom is 0.228 e. The van der Waals surface area contributed by atoms with Crippen molar-refractivity contribution in [1.29, 1.82) is 0 Å². The van der Waals surface area contributed by atoms with Crippen molar-refractivity contribution in [3.63, 3.8) is 0 Å². The predicted octanol–water partition coefficient (Wildman–Crippen LogP) is 2.60. The third kappa shape index (κ3) is 3.94. The molecule has 5 heteroatoms. The summed E-state index contributed by atoms with van der Waals surface area (Å²) in [5.74, 6) is 0.116.